The molecule has 0 saturated carbocycles. The Bertz CT molecular complexity index is 3210. The number of rotatable bonds is 14. The number of amides is 4. The Kier molecular flexibility index (Phi) is 13.3. The number of likely N-dealkylation sites (tertiary alicyclic amines) is 1. The number of hydrogen-bond donors (Lipinski definition) is 4. The molecule has 7 aromatic rings. The monoisotopic (exact) mass is 974 g/mol. The summed E-state index contributed by atoms with van der Waals surface area (Å²) in [5, 5.41) is 24.7. The van der Waals surface area contributed by atoms with Gasteiger partial charge in [0.1, 0.15) is 17.3 Å². The fraction of sp³-hybridized carbons (Fsp3) is 0.340. The molecule has 3 aromatic carbocycles. The summed E-state index contributed by atoms with van der Waals surface area (Å²) in [5.74, 6) is -0.940. The van der Waals surface area contributed by atoms with Crippen LogP contribution in [-0.4, -0.2) is 96.6 Å². The summed E-state index contributed by atoms with van der Waals surface area (Å²) in [6.07, 6.45) is 6.82. The Balaban J connectivity index is 0.701. The van der Waals surface area contributed by atoms with Crippen LogP contribution in [0.1, 0.15) is 94.7 Å². The van der Waals surface area contributed by atoms with Crippen LogP contribution in [0.2, 0.25) is 0 Å². The number of hydrogen-bond acceptors (Lipinski definition) is 13. The summed E-state index contributed by atoms with van der Waals surface area (Å²) < 4.78 is 8.88. The van der Waals surface area contributed by atoms with Gasteiger partial charge in [0.05, 0.1) is 40.5 Å². The van der Waals surface area contributed by atoms with Crippen LogP contribution in [0, 0.1) is 12.8 Å². The quantitative estimate of drug-likeness (QED) is 0.0604. The third-order valence-corrected chi connectivity index (χ3v) is 15.0. The molecule has 0 radical (unpaired) electrons. The SMILES string of the molecule is Cc1cc(OCCCC2CCN(CC(=O)Nc3ccc4c(C5CCC(=O)NC5=O)nn(C)c4c3)[C@@H](C)C2)ccc1-c1ccc(N2CCc3ccnc(C(=O)Nc4nc5ccccc5s4)c3C2)nc1C(=O)O. The summed E-state index contributed by atoms with van der Waals surface area (Å²) in [7, 11) is 1.81. The molecule has 2 saturated heterocycles. The van der Waals surface area contributed by atoms with Crippen molar-refractivity contribution < 1.29 is 33.8 Å². The molecular weight excluding hydrogens is 921 g/mol. The predicted octanol–water partition coefficient (Wildman–Crippen LogP) is 7.88. The zero-order valence-electron chi connectivity index (χ0n) is 39.7. The number of aromatic carboxylic acids is 1. The maximum Gasteiger partial charge on any atom is 0.355 e. The lowest BCUT2D eigenvalue weighted by molar-refractivity contribution is -0.134. The first-order chi connectivity index (χ1) is 34.3. The highest BCUT2D eigenvalue weighted by Crippen LogP contribution is 2.35. The fourth-order valence-corrected chi connectivity index (χ4v) is 11.2. The number of aromatic nitrogens is 5. The number of carboxylic acids is 1. The van der Waals surface area contributed by atoms with Crippen molar-refractivity contribution in [2.75, 3.05) is 41.8 Å². The minimum atomic E-state index is -1.14. The lowest BCUT2D eigenvalue weighted by atomic mass is 9.88. The van der Waals surface area contributed by atoms with Crippen LogP contribution in [0.3, 0.4) is 0 Å². The minimum Gasteiger partial charge on any atom is -0.494 e. The van der Waals surface area contributed by atoms with E-state index >= 15 is 0 Å². The normalized spacial score (nSPS) is 18.3. The van der Waals surface area contributed by atoms with E-state index in [-0.39, 0.29) is 48.3 Å². The van der Waals surface area contributed by atoms with Crippen molar-refractivity contribution in [3.05, 3.63) is 119 Å². The molecule has 17 nitrogen and oxygen atoms in total. The standard InChI is InChI=1S/C53H54N10O7S/c1-30-25-35(70-24-6-7-32-19-22-62(31(2)26-32)29-46(65)55-34-10-12-38-42(27-34)61(3)60-47(38)39-15-17-45(64)58-50(39)66)11-13-36(30)37-14-16-44(57-49(37)52(68)69)63-23-20-33-18-21-54-48(40(33)28-63)51(67)59-53-56-41-8-4-5-9-43(41)71-53/h4-5,8-14,16,18,21,25,27,31-32,39H,6-7,15,17,19-20,22-24,26,28-29H2,1-3H3,(H,55,65)(H,68,69)(H,56,59,67)(H,58,64,66)/t31-,32?,39?/m0/s1. The summed E-state index contributed by atoms with van der Waals surface area (Å²) in [6, 6.07) is 24.8. The highest BCUT2D eigenvalue weighted by atomic mass is 32.1. The lowest BCUT2D eigenvalue weighted by Gasteiger charge is -2.37. The Morgan fingerprint density at radius 1 is 0.930 bits per heavy atom. The van der Waals surface area contributed by atoms with Crippen molar-refractivity contribution >= 4 is 78.7 Å². The van der Waals surface area contributed by atoms with E-state index in [1.807, 2.05) is 84.6 Å². The first-order valence-corrected chi connectivity index (χ1v) is 24.9. The first-order valence-electron chi connectivity index (χ1n) is 24.1. The molecule has 2 unspecified atom stereocenters. The summed E-state index contributed by atoms with van der Waals surface area (Å²) in [4.78, 5) is 81.6. The number of carboxylic acid groups (broad SMARTS) is 1. The van der Waals surface area contributed by atoms with E-state index < -0.39 is 11.9 Å². The van der Waals surface area contributed by atoms with E-state index in [1.165, 1.54) is 11.3 Å². The zero-order chi connectivity index (χ0) is 49.3. The molecule has 0 spiro atoms. The number of imide groups is 1. The van der Waals surface area contributed by atoms with Crippen molar-refractivity contribution in [2.24, 2.45) is 13.0 Å². The smallest absolute Gasteiger partial charge is 0.355 e. The zero-order valence-corrected chi connectivity index (χ0v) is 40.6. The van der Waals surface area contributed by atoms with Gasteiger partial charge in [-0.15, -0.1) is 0 Å². The van der Waals surface area contributed by atoms with E-state index in [1.54, 1.807) is 24.0 Å². The van der Waals surface area contributed by atoms with Crippen LogP contribution >= 0.6 is 11.3 Å². The van der Waals surface area contributed by atoms with Gasteiger partial charge in [0.25, 0.3) is 5.91 Å². The average Bonchev–Trinajstić information content (AvgIpc) is 3.92. The topological polar surface area (TPSA) is 214 Å². The molecule has 4 amide bonds. The molecule has 3 atom stereocenters. The van der Waals surface area contributed by atoms with Gasteiger partial charge in [0.2, 0.25) is 17.7 Å². The van der Waals surface area contributed by atoms with Gasteiger partial charge in [0, 0.05) is 61.0 Å². The number of thiazole rings is 1. The van der Waals surface area contributed by atoms with Gasteiger partial charge < -0.3 is 20.1 Å². The van der Waals surface area contributed by atoms with Gasteiger partial charge in [-0.3, -0.25) is 44.4 Å². The number of pyridine rings is 2. The number of aryl methyl sites for hydroxylation is 2. The molecule has 0 bridgehead atoms. The molecule has 0 aliphatic carbocycles. The van der Waals surface area contributed by atoms with Crippen molar-refractivity contribution in [1.82, 2.24) is 34.9 Å². The Labute approximate surface area is 413 Å². The van der Waals surface area contributed by atoms with E-state index in [9.17, 15) is 29.1 Å². The van der Waals surface area contributed by atoms with Gasteiger partial charge >= 0.3 is 5.97 Å². The Morgan fingerprint density at radius 2 is 1.77 bits per heavy atom. The van der Waals surface area contributed by atoms with Crippen LogP contribution in [-0.2, 0) is 34.4 Å². The van der Waals surface area contributed by atoms with E-state index in [0.717, 1.165) is 75.6 Å². The van der Waals surface area contributed by atoms with E-state index in [0.29, 0.717) is 77.8 Å². The van der Waals surface area contributed by atoms with Crippen molar-refractivity contribution in [1.29, 1.82) is 0 Å². The number of ether oxygens (including phenoxy) is 1. The second kappa shape index (κ2) is 20.0. The van der Waals surface area contributed by atoms with Crippen LogP contribution in [0.25, 0.3) is 32.2 Å². The van der Waals surface area contributed by atoms with Gasteiger partial charge in [-0.2, -0.15) is 5.10 Å². The highest BCUT2D eigenvalue weighted by molar-refractivity contribution is 7.22. The van der Waals surface area contributed by atoms with Crippen molar-refractivity contribution in [2.45, 2.75) is 77.3 Å². The fourth-order valence-electron chi connectivity index (χ4n) is 10.3. The summed E-state index contributed by atoms with van der Waals surface area (Å²) >= 11 is 1.40. The average molecular weight is 975 g/mol. The second-order valence-corrected chi connectivity index (χ2v) is 19.8. The number of para-hydroxylation sites is 1. The van der Waals surface area contributed by atoms with Gasteiger partial charge in [-0.1, -0.05) is 29.5 Å². The molecule has 4 aromatic heterocycles. The van der Waals surface area contributed by atoms with Crippen LogP contribution in [0.4, 0.5) is 16.6 Å². The molecule has 2 fully saturated rings. The largest absolute Gasteiger partial charge is 0.494 e. The molecule has 3 aliphatic rings. The molecule has 7 heterocycles. The van der Waals surface area contributed by atoms with E-state index in [4.69, 9.17) is 4.74 Å². The lowest BCUT2D eigenvalue weighted by Crippen LogP contribution is -2.44. The van der Waals surface area contributed by atoms with Gasteiger partial charge in [-0.05, 0) is 142 Å². The van der Waals surface area contributed by atoms with Crippen LogP contribution in [0.15, 0.2) is 85.1 Å². The number of nitrogens with one attached hydrogen (secondary N) is 3. The number of fused-ring (bicyclic) bond motifs is 3. The third-order valence-electron chi connectivity index (χ3n) is 14.0. The second-order valence-electron chi connectivity index (χ2n) is 18.8. The highest BCUT2D eigenvalue weighted by Gasteiger charge is 2.32. The van der Waals surface area contributed by atoms with E-state index in [2.05, 4.69) is 47.8 Å². The number of carbonyl (C=O) groups excluding carboxylic acids is 4. The van der Waals surface area contributed by atoms with Gasteiger partial charge in [0.15, 0.2) is 10.8 Å². The summed E-state index contributed by atoms with van der Waals surface area (Å²) in [5.41, 5.74) is 7.04. The molecule has 4 N–H and O–H groups in total. The molecule has 3 aliphatic heterocycles. The predicted molar refractivity (Wildman–Crippen MR) is 271 cm³/mol. The minimum absolute atomic E-state index is 0.0583. The first kappa shape index (κ1) is 47.1. The molecule has 71 heavy (non-hydrogen) atoms. The van der Waals surface area contributed by atoms with Crippen LogP contribution < -0.4 is 25.6 Å². The number of carbonyl (C=O) groups is 5. The molecular formula is C53H54N10O7S. The number of benzene rings is 3. The number of anilines is 3. The molecule has 18 heteroatoms. The number of piperidine rings is 2. The Hall–Kier alpha value is -7.57. The summed E-state index contributed by atoms with van der Waals surface area (Å²) in [6.45, 7) is 6.69. The maximum atomic E-state index is 13.5. The van der Waals surface area contributed by atoms with Crippen molar-refractivity contribution in [3.63, 3.8) is 0 Å². The number of nitrogens with zero attached hydrogens (tertiary/aromatic N) is 7. The third kappa shape index (κ3) is 10.1. The van der Waals surface area contributed by atoms with Crippen LogP contribution in [0.5, 0.6) is 5.75 Å². The van der Waals surface area contributed by atoms with Gasteiger partial charge in [-0.25, -0.2) is 14.8 Å². The van der Waals surface area contributed by atoms with Crippen molar-refractivity contribution in [3.8, 4) is 16.9 Å². The maximum absolute atomic E-state index is 13.5. The molecule has 364 valence electrons. The Morgan fingerprint density at radius 3 is 2.58 bits per heavy atom. The molecule has 10 rings (SSSR count).